The first kappa shape index (κ1) is 23.6. The lowest BCUT2D eigenvalue weighted by Gasteiger charge is -2.40. The van der Waals surface area contributed by atoms with Gasteiger partial charge in [0.2, 0.25) is 11.8 Å². The SMILES string of the molecule is CCCC(=O)N(C1CCN(Cc2ccccc2)CC1)C1CC(=O)N(c2ccc(Br)cc2)C1=O. The molecule has 2 saturated heterocycles. The number of benzene rings is 2. The zero-order valence-electron chi connectivity index (χ0n) is 19.0. The molecule has 0 aromatic heterocycles. The van der Waals surface area contributed by atoms with E-state index in [1.54, 1.807) is 17.0 Å². The van der Waals surface area contributed by atoms with Crippen molar-refractivity contribution in [2.24, 2.45) is 0 Å². The van der Waals surface area contributed by atoms with Gasteiger partial charge in [-0.25, -0.2) is 4.90 Å². The van der Waals surface area contributed by atoms with E-state index in [9.17, 15) is 14.4 Å². The van der Waals surface area contributed by atoms with Crippen molar-refractivity contribution in [1.82, 2.24) is 9.80 Å². The second-order valence-corrected chi connectivity index (χ2v) is 9.72. The molecule has 1 unspecified atom stereocenters. The van der Waals surface area contributed by atoms with Gasteiger partial charge in [-0.05, 0) is 49.1 Å². The van der Waals surface area contributed by atoms with Gasteiger partial charge in [-0.2, -0.15) is 0 Å². The van der Waals surface area contributed by atoms with Gasteiger partial charge in [0.25, 0.3) is 5.91 Å². The lowest BCUT2D eigenvalue weighted by Crippen LogP contribution is -2.54. The van der Waals surface area contributed by atoms with Crippen LogP contribution in [0.1, 0.15) is 44.6 Å². The van der Waals surface area contributed by atoms with Crippen molar-refractivity contribution >= 4 is 39.3 Å². The predicted octanol–water partition coefficient (Wildman–Crippen LogP) is 4.37. The van der Waals surface area contributed by atoms with Crippen LogP contribution in [0.4, 0.5) is 5.69 Å². The van der Waals surface area contributed by atoms with E-state index in [4.69, 9.17) is 0 Å². The Bertz CT molecular complexity index is 988. The minimum absolute atomic E-state index is 0.0252. The molecule has 6 nitrogen and oxygen atoms in total. The van der Waals surface area contributed by atoms with Crippen molar-refractivity contribution in [3.63, 3.8) is 0 Å². The molecule has 0 saturated carbocycles. The van der Waals surface area contributed by atoms with Crippen molar-refractivity contribution in [3.05, 3.63) is 64.6 Å². The molecular formula is C26H30BrN3O3. The lowest BCUT2D eigenvalue weighted by molar-refractivity contribution is -0.142. The van der Waals surface area contributed by atoms with Gasteiger partial charge in [-0.3, -0.25) is 19.3 Å². The zero-order chi connectivity index (χ0) is 23.4. The van der Waals surface area contributed by atoms with Crippen LogP contribution in [0.2, 0.25) is 0 Å². The van der Waals surface area contributed by atoms with Crippen molar-refractivity contribution in [2.45, 2.75) is 57.7 Å². The number of carbonyl (C=O) groups excluding carboxylic acids is 3. The third-order valence-corrected chi connectivity index (χ3v) is 7.02. The summed E-state index contributed by atoms with van der Waals surface area (Å²) in [6.45, 7) is 4.57. The third-order valence-electron chi connectivity index (χ3n) is 6.49. The molecule has 174 valence electrons. The topological polar surface area (TPSA) is 60.9 Å². The van der Waals surface area contributed by atoms with E-state index in [1.165, 1.54) is 10.5 Å². The van der Waals surface area contributed by atoms with Gasteiger partial charge in [0, 0.05) is 36.6 Å². The number of imide groups is 1. The van der Waals surface area contributed by atoms with Gasteiger partial charge in [0.05, 0.1) is 12.1 Å². The molecule has 2 aliphatic heterocycles. The minimum Gasteiger partial charge on any atom is -0.327 e. The summed E-state index contributed by atoms with van der Waals surface area (Å²) in [4.78, 5) is 44.8. The number of halogens is 1. The van der Waals surface area contributed by atoms with Crippen LogP contribution >= 0.6 is 15.9 Å². The fourth-order valence-electron chi connectivity index (χ4n) is 4.87. The van der Waals surface area contributed by atoms with Crippen LogP contribution in [0.25, 0.3) is 0 Å². The van der Waals surface area contributed by atoms with Gasteiger partial charge < -0.3 is 4.90 Å². The first-order valence-electron chi connectivity index (χ1n) is 11.7. The van der Waals surface area contributed by atoms with E-state index >= 15 is 0 Å². The molecule has 0 spiro atoms. The molecule has 2 aliphatic rings. The number of rotatable bonds is 7. The quantitative estimate of drug-likeness (QED) is 0.517. The second kappa shape index (κ2) is 10.6. The van der Waals surface area contributed by atoms with Crippen molar-refractivity contribution in [1.29, 1.82) is 0 Å². The van der Waals surface area contributed by atoms with Gasteiger partial charge >= 0.3 is 0 Å². The van der Waals surface area contributed by atoms with Crippen LogP contribution in [0.15, 0.2) is 59.1 Å². The highest BCUT2D eigenvalue weighted by Gasteiger charge is 2.46. The summed E-state index contributed by atoms with van der Waals surface area (Å²) >= 11 is 3.39. The number of nitrogens with zero attached hydrogens (tertiary/aromatic N) is 3. The maximum Gasteiger partial charge on any atom is 0.257 e. The number of hydrogen-bond acceptors (Lipinski definition) is 4. The number of likely N-dealkylation sites (tertiary alicyclic amines) is 1. The summed E-state index contributed by atoms with van der Waals surface area (Å²) < 4.78 is 0.879. The normalized spacial score (nSPS) is 19.8. The maximum absolute atomic E-state index is 13.4. The van der Waals surface area contributed by atoms with E-state index in [0.717, 1.165) is 36.9 Å². The number of piperidine rings is 1. The van der Waals surface area contributed by atoms with Crippen LogP contribution in [0.3, 0.4) is 0 Å². The standard InChI is InChI=1S/C26H30BrN3O3/c1-2-6-24(31)29(22-13-15-28(16-14-22)18-19-7-4-3-5-8-19)23-17-25(32)30(26(23)33)21-11-9-20(27)10-12-21/h3-5,7-12,22-23H,2,6,13-18H2,1H3. The summed E-state index contributed by atoms with van der Waals surface area (Å²) in [5, 5.41) is 0. The molecule has 2 heterocycles. The largest absolute Gasteiger partial charge is 0.327 e. The highest BCUT2D eigenvalue weighted by molar-refractivity contribution is 9.10. The van der Waals surface area contributed by atoms with Crippen LogP contribution < -0.4 is 4.90 Å². The third kappa shape index (κ3) is 5.36. The highest BCUT2D eigenvalue weighted by Crippen LogP contribution is 2.31. The molecule has 0 radical (unpaired) electrons. The van der Waals surface area contributed by atoms with E-state index in [1.807, 2.05) is 37.3 Å². The summed E-state index contributed by atoms with van der Waals surface area (Å²) in [5.74, 6) is -0.565. The average molecular weight is 512 g/mol. The van der Waals surface area contributed by atoms with E-state index in [0.29, 0.717) is 18.5 Å². The summed E-state index contributed by atoms with van der Waals surface area (Å²) in [6.07, 6.45) is 2.76. The Hall–Kier alpha value is -2.51. The molecule has 3 amide bonds. The molecule has 4 rings (SSSR count). The smallest absolute Gasteiger partial charge is 0.257 e. The molecule has 2 fully saturated rings. The molecule has 1 atom stereocenters. The van der Waals surface area contributed by atoms with Crippen LogP contribution in [-0.4, -0.2) is 52.7 Å². The fraction of sp³-hybridized carbons (Fsp3) is 0.423. The van der Waals surface area contributed by atoms with Crippen molar-refractivity contribution in [2.75, 3.05) is 18.0 Å². The molecule has 33 heavy (non-hydrogen) atoms. The highest BCUT2D eigenvalue weighted by atomic mass is 79.9. The number of anilines is 1. The lowest BCUT2D eigenvalue weighted by atomic mass is 9.99. The van der Waals surface area contributed by atoms with Crippen LogP contribution in [-0.2, 0) is 20.9 Å². The van der Waals surface area contributed by atoms with Gasteiger partial charge in [-0.1, -0.05) is 53.2 Å². The molecule has 7 heteroatoms. The average Bonchev–Trinajstić information content (AvgIpc) is 3.10. The fourth-order valence-corrected chi connectivity index (χ4v) is 5.13. The Balaban J connectivity index is 1.48. The Morgan fingerprint density at radius 2 is 1.70 bits per heavy atom. The zero-order valence-corrected chi connectivity index (χ0v) is 20.5. The molecule has 2 aromatic carbocycles. The van der Waals surface area contributed by atoms with E-state index in [2.05, 4.69) is 33.0 Å². The van der Waals surface area contributed by atoms with Gasteiger partial charge in [-0.15, -0.1) is 0 Å². The molecule has 2 aromatic rings. The molecule has 0 bridgehead atoms. The summed E-state index contributed by atoms with van der Waals surface area (Å²) in [5.41, 5.74) is 1.83. The van der Waals surface area contributed by atoms with E-state index < -0.39 is 6.04 Å². The first-order valence-corrected chi connectivity index (χ1v) is 12.5. The Labute approximate surface area is 203 Å². The van der Waals surface area contributed by atoms with Crippen LogP contribution in [0.5, 0.6) is 0 Å². The number of carbonyl (C=O) groups is 3. The first-order chi connectivity index (χ1) is 16.0. The van der Waals surface area contributed by atoms with Gasteiger partial charge in [0.1, 0.15) is 6.04 Å². The Kier molecular flexibility index (Phi) is 7.60. The minimum atomic E-state index is -0.717. The summed E-state index contributed by atoms with van der Waals surface area (Å²) in [7, 11) is 0. The summed E-state index contributed by atoms with van der Waals surface area (Å²) in [6, 6.07) is 16.8. The Morgan fingerprint density at radius 1 is 1.03 bits per heavy atom. The molecule has 0 N–H and O–H groups in total. The maximum atomic E-state index is 13.4. The van der Waals surface area contributed by atoms with Gasteiger partial charge in [0.15, 0.2) is 0 Å². The Morgan fingerprint density at radius 3 is 2.33 bits per heavy atom. The molecular weight excluding hydrogens is 482 g/mol. The van der Waals surface area contributed by atoms with Crippen LogP contribution in [0, 0.1) is 0 Å². The predicted molar refractivity (Wildman–Crippen MR) is 132 cm³/mol. The monoisotopic (exact) mass is 511 g/mol. The van der Waals surface area contributed by atoms with Crippen molar-refractivity contribution in [3.8, 4) is 0 Å². The molecule has 0 aliphatic carbocycles. The second-order valence-electron chi connectivity index (χ2n) is 8.81. The van der Waals surface area contributed by atoms with E-state index in [-0.39, 0.29) is 30.2 Å². The number of amides is 3. The number of hydrogen-bond donors (Lipinski definition) is 0. The van der Waals surface area contributed by atoms with Crippen molar-refractivity contribution < 1.29 is 14.4 Å².